The zero-order valence-electron chi connectivity index (χ0n) is 18.4. The minimum atomic E-state index is -0.0524. The Labute approximate surface area is 173 Å². The number of aromatic nitrogens is 2. The Bertz CT molecular complexity index is 922. The Morgan fingerprint density at radius 3 is 2.66 bits per heavy atom. The van der Waals surface area contributed by atoms with Gasteiger partial charge in [0, 0.05) is 32.5 Å². The van der Waals surface area contributed by atoms with Crippen molar-refractivity contribution in [1.29, 1.82) is 0 Å². The van der Waals surface area contributed by atoms with Crippen LogP contribution in [0.4, 0.5) is 0 Å². The molecule has 0 saturated carbocycles. The molecule has 0 spiro atoms. The van der Waals surface area contributed by atoms with Gasteiger partial charge in [-0.25, -0.2) is 9.66 Å². The molecule has 4 heterocycles. The maximum absolute atomic E-state index is 5.91. The third-order valence-corrected chi connectivity index (χ3v) is 5.86. The number of aliphatic imine (C=N–C) groups is 1. The van der Waals surface area contributed by atoms with Crippen molar-refractivity contribution in [2.24, 2.45) is 4.99 Å². The summed E-state index contributed by atoms with van der Waals surface area (Å²) in [5, 5.41) is 2.23. The van der Waals surface area contributed by atoms with Crippen molar-refractivity contribution in [3.05, 3.63) is 52.3 Å². The second kappa shape index (κ2) is 7.71. The van der Waals surface area contributed by atoms with Gasteiger partial charge in [0.25, 0.3) is 0 Å². The fourth-order valence-corrected chi connectivity index (χ4v) is 4.42. The van der Waals surface area contributed by atoms with E-state index in [0.29, 0.717) is 0 Å². The van der Waals surface area contributed by atoms with Gasteiger partial charge in [0.2, 0.25) is 0 Å². The minimum Gasteiger partial charge on any atom is -0.358 e. The van der Waals surface area contributed by atoms with Gasteiger partial charge in [-0.15, -0.1) is 0 Å². The average Bonchev–Trinajstić information content (AvgIpc) is 3.29. The number of hydrogen-bond acceptors (Lipinski definition) is 6. The van der Waals surface area contributed by atoms with Crippen molar-refractivity contribution in [3.63, 3.8) is 0 Å². The summed E-state index contributed by atoms with van der Waals surface area (Å²) in [6.07, 6.45) is 9.30. The topological polar surface area (TPSA) is 49.1 Å². The van der Waals surface area contributed by atoms with Crippen molar-refractivity contribution in [2.45, 2.75) is 60.1 Å². The molecular formula is C22H32N6O. The Morgan fingerprint density at radius 2 is 1.97 bits per heavy atom. The number of allylic oxidation sites excluding steroid dienone is 2. The summed E-state index contributed by atoms with van der Waals surface area (Å²) in [7, 11) is 1.79. The predicted molar refractivity (Wildman–Crippen MR) is 116 cm³/mol. The standard InChI is InChI=1S/C22H32N6O/c1-7-9-19-24-15(3)12-28(19)25-13-18-11-23-20-16(4)17(5)22(29-6)26(10-8-2)21(20)27(18)14-25/h11-13,22H,7-10,14H2,1-6H3. The molecule has 1 atom stereocenters. The van der Waals surface area contributed by atoms with E-state index in [0.717, 1.165) is 61.2 Å². The van der Waals surface area contributed by atoms with Gasteiger partial charge >= 0.3 is 0 Å². The van der Waals surface area contributed by atoms with Crippen LogP contribution in [0.3, 0.4) is 0 Å². The molecule has 0 bridgehead atoms. The number of hydrogen-bond donors (Lipinski definition) is 0. The number of methoxy groups -OCH3 is 1. The van der Waals surface area contributed by atoms with Crippen LogP contribution in [0, 0.1) is 6.92 Å². The van der Waals surface area contributed by atoms with Gasteiger partial charge < -0.3 is 14.5 Å². The van der Waals surface area contributed by atoms with Crippen molar-refractivity contribution in [3.8, 4) is 0 Å². The monoisotopic (exact) mass is 396 g/mol. The quantitative estimate of drug-likeness (QED) is 0.737. The SMILES string of the molecule is CCCc1nc(C)cn1N1C=C2C=NC3=C(N2C1)N(CCC)C(OC)C(C)=C3C. The van der Waals surface area contributed by atoms with E-state index in [4.69, 9.17) is 14.7 Å². The molecule has 3 aliphatic heterocycles. The third-order valence-electron chi connectivity index (χ3n) is 5.86. The van der Waals surface area contributed by atoms with E-state index in [9.17, 15) is 0 Å². The first-order valence-electron chi connectivity index (χ1n) is 10.6. The highest BCUT2D eigenvalue weighted by Crippen LogP contribution is 2.39. The third kappa shape index (κ3) is 3.17. The van der Waals surface area contributed by atoms with Gasteiger partial charge in [0.15, 0.2) is 6.23 Å². The molecule has 7 heteroatoms. The number of aryl methyl sites for hydroxylation is 2. The number of ether oxygens (including phenoxy) is 1. The lowest BCUT2D eigenvalue weighted by Crippen LogP contribution is -2.48. The fraction of sp³-hybridized carbons (Fsp3) is 0.545. The van der Waals surface area contributed by atoms with E-state index in [1.54, 1.807) is 7.11 Å². The highest BCUT2D eigenvalue weighted by molar-refractivity contribution is 5.83. The average molecular weight is 397 g/mol. The molecule has 0 aromatic carbocycles. The molecule has 0 amide bonds. The van der Waals surface area contributed by atoms with E-state index >= 15 is 0 Å². The molecule has 0 saturated heterocycles. The second-order valence-electron chi connectivity index (χ2n) is 7.98. The molecule has 4 rings (SSSR count). The maximum atomic E-state index is 5.91. The van der Waals surface area contributed by atoms with E-state index in [1.165, 1.54) is 11.1 Å². The van der Waals surface area contributed by atoms with Crippen LogP contribution >= 0.6 is 0 Å². The van der Waals surface area contributed by atoms with Crippen LogP contribution in [0.25, 0.3) is 0 Å². The molecule has 0 N–H and O–H groups in total. The lowest BCUT2D eigenvalue weighted by atomic mass is 10.00. The molecule has 1 unspecified atom stereocenters. The summed E-state index contributed by atoms with van der Waals surface area (Å²) in [6, 6.07) is 0. The number of fused-ring (bicyclic) bond motifs is 2. The zero-order chi connectivity index (χ0) is 20.7. The summed E-state index contributed by atoms with van der Waals surface area (Å²) in [5.74, 6) is 2.25. The highest BCUT2D eigenvalue weighted by atomic mass is 16.5. The van der Waals surface area contributed by atoms with Crippen LogP contribution in [0.2, 0.25) is 0 Å². The van der Waals surface area contributed by atoms with Gasteiger partial charge in [-0.3, -0.25) is 10.0 Å². The van der Waals surface area contributed by atoms with Gasteiger partial charge in [0.05, 0.1) is 17.6 Å². The van der Waals surface area contributed by atoms with E-state index < -0.39 is 0 Å². The lowest BCUT2D eigenvalue weighted by molar-refractivity contribution is -0.00433. The second-order valence-corrected chi connectivity index (χ2v) is 7.98. The smallest absolute Gasteiger partial charge is 0.153 e. The van der Waals surface area contributed by atoms with Gasteiger partial charge in [0.1, 0.15) is 24.0 Å². The van der Waals surface area contributed by atoms with Crippen LogP contribution < -0.4 is 5.01 Å². The Kier molecular flexibility index (Phi) is 5.25. The van der Waals surface area contributed by atoms with Crippen LogP contribution in [-0.4, -0.2) is 52.2 Å². The molecule has 1 aromatic heterocycles. The van der Waals surface area contributed by atoms with Crippen molar-refractivity contribution < 1.29 is 4.74 Å². The molecule has 0 radical (unpaired) electrons. The van der Waals surface area contributed by atoms with Crippen LogP contribution in [0.15, 0.2) is 45.8 Å². The first-order chi connectivity index (χ1) is 14.0. The summed E-state index contributed by atoms with van der Waals surface area (Å²) in [6.45, 7) is 12.4. The maximum Gasteiger partial charge on any atom is 0.153 e. The molecule has 156 valence electrons. The van der Waals surface area contributed by atoms with Crippen molar-refractivity contribution in [1.82, 2.24) is 19.5 Å². The molecule has 0 aliphatic carbocycles. The molecule has 29 heavy (non-hydrogen) atoms. The summed E-state index contributed by atoms with van der Waals surface area (Å²) < 4.78 is 8.10. The summed E-state index contributed by atoms with van der Waals surface area (Å²) in [4.78, 5) is 14.3. The molecular weight excluding hydrogens is 364 g/mol. The van der Waals surface area contributed by atoms with Gasteiger partial charge in [-0.1, -0.05) is 13.8 Å². The zero-order valence-corrected chi connectivity index (χ0v) is 18.4. The Balaban J connectivity index is 1.73. The van der Waals surface area contributed by atoms with Crippen LogP contribution in [0.1, 0.15) is 52.1 Å². The van der Waals surface area contributed by atoms with E-state index in [1.807, 2.05) is 6.21 Å². The first-order valence-corrected chi connectivity index (χ1v) is 10.6. The van der Waals surface area contributed by atoms with E-state index in [-0.39, 0.29) is 6.23 Å². The van der Waals surface area contributed by atoms with E-state index in [2.05, 4.69) is 66.5 Å². The minimum absolute atomic E-state index is 0.0524. The van der Waals surface area contributed by atoms with Crippen LogP contribution in [-0.2, 0) is 11.2 Å². The number of nitrogens with zero attached hydrogens (tertiary/aromatic N) is 6. The van der Waals surface area contributed by atoms with Crippen molar-refractivity contribution >= 4 is 6.21 Å². The summed E-state index contributed by atoms with van der Waals surface area (Å²) in [5.41, 5.74) is 5.64. The highest BCUT2D eigenvalue weighted by Gasteiger charge is 2.39. The summed E-state index contributed by atoms with van der Waals surface area (Å²) >= 11 is 0. The Hall–Kier alpha value is -2.54. The van der Waals surface area contributed by atoms with Crippen LogP contribution in [0.5, 0.6) is 0 Å². The predicted octanol–water partition coefficient (Wildman–Crippen LogP) is 3.48. The normalized spacial score (nSPS) is 21.2. The molecule has 0 fully saturated rings. The molecule has 3 aliphatic rings. The fourth-order valence-electron chi connectivity index (χ4n) is 4.42. The van der Waals surface area contributed by atoms with Crippen molar-refractivity contribution in [2.75, 3.05) is 25.3 Å². The Morgan fingerprint density at radius 1 is 1.17 bits per heavy atom. The van der Waals surface area contributed by atoms with Gasteiger partial charge in [-0.2, -0.15) is 0 Å². The number of imidazole rings is 1. The molecule has 1 aromatic rings. The number of rotatable bonds is 6. The largest absolute Gasteiger partial charge is 0.358 e. The molecule has 7 nitrogen and oxygen atoms in total. The lowest BCUT2D eigenvalue weighted by Gasteiger charge is -2.44. The first kappa shape index (κ1) is 19.8. The van der Waals surface area contributed by atoms with Gasteiger partial charge in [-0.05, 0) is 44.8 Å².